The molecule has 126 valence electrons. The fourth-order valence-electron chi connectivity index (χ4n) is 3.76. The molecule has 2 aromatic carbocycles. The van der Waals surface area contributed by atoms with Crippen molar-refractivity contribution < 1.29 is 4.33 Å². The molecule has 0 aliphatic carbocycles. The van der Waals surface area contributed by atoms with E-state index in [2.05, 4.69) is 110 Å². The van der Waals surface area contributed by atoms with Crippen molar-refractivity contribution in [1.82, 2.24) is 14.0 Å². The molecule has 0 N–H and O–H groups in total. The van der Waals surface area contributed by atoms with Gasteiger partial charge in [-0.15, -0.1) is 0 Å². The highest BCUT2D eigenvalue weighted by molar-refractivity contribution is 7.56. The van der Waals surface area contributed by atoms with Crippen molar-refractivity contribution in [2.75, 3.05) is 49.3 Å². The molecular formula is C18H30N4P+. The van der Waals surface area contributed by atoms with Crippen molar-refractivity contribution >= 4 is 18.3 Å². The largest absolute Gasteiger partial charge is 0.310 e. The van der Waals surface area contributed by atoms with Crippen LogP contribution in [0.2, 0.25) is 0 Å². The summed E-state index contributed by atoms with van der Waals surface area (Å²) in [6.45, 7) is 0.920. The summed E-state index contributed by atoms with van der Waals surface area (Å²) in [5, 5.41) is 2.65. The number of nitrogens with zero attached hydrogens (tertiary/aromatic N) is 4. The maximum atomic E-state index is 2.49. The van der Waals surface area contributed by atoms with Gasteiger partial charge in [0, 0.05) is 6.54 Å². The van der Waals surface area contributed by atoms with Crippen LogP contribution in [0.5, 0.6) is 0 Å². The van der Waals surface area contributed by atoms with E-state index in [-0.39, 0.29) is 0 Å². The van der Waals surface area contributed by atoms with Gasteiger partial charge >= 0.3 is 7.51 Å². The molecule has 0 unspecified atom stereocenters. The second-order valence-corrected chi connectivity index (χ2v) is 10.7. The van der Waals surface area contributed by atoms with Crippen LogP contribution in [0.1, 0.15) is 5.56 Å². The molecule has 23 heavy (non-hydrogen) atoms. The summed E-state index contributed by atoms with van der Waals surface area (Å²) in [7, 11) is 13.6. The van der Waals surface area contributed by atoms with Gasteiger partial charge in [-0.3, -0.25) is 0 Å². The summed E-state index contributed by atoms with van der Waals surface area (Å²) in [4.78, 5) is 0. The molecule has 2 rings (SSSR count). The predicted molar refractivity (Wildman–Crippen MR) is 102 cm³/mol. The highest BCUT2D eigenvalue weighted by atomic mass is 31.2. The van der Waals surface area contributed by atoms with Crippen LogP contribution in [0.15, 0.2) is 42.5 Å². The fourth-order valence-corrected chi connectivity index (χ4v) is 8.08. The second kappa shape index (κ2) is 7.14. The normalized spacial score (nSPS) is 12.6. The minimum Gasteiger partial charge on any atom is -0.228 e. The standard InChI is InChI=1S/C18H30N4P/c1-19(2)23(20(3)4,21(5)6)22(7)15-17-13-10-12-16-11-8-9-14-18(16)17/h8-14H,15H2,1-7H3/q+1. The molecule has 0 aliphatic rings. The third kappa shape index (κ3) is 3.22. The van der Waals surface area contributed by atoms with Crippen molar-refractivity contribution in [3.63, 3.8) is 0 Å². The van der Waals surface area contributed by atoms with Crippen molar-refractivity contribution in [3.8, 4) is 0 Å². The van der Waals surface area contributed by atoms with Crippen LogP contribution in [0.25, 0.3) is 10.8 Å². The average molecular weight is 333 g/mol. The monoisotopic (exact) mass is 333 g/mol. The van der Waals surface area contributed by atoms with E-state index in [0.29, 0.717) is 0 Å². The number of hydrogen-bond donors (Lipinski definition) is 0. The predicted octanol–water partition coefficient (Wildman–Crippen LogP) is 3.61. The van der Waals surface area contributed by atoms with Gasteiger partial charge in [0.05, 0.1) is 0 Å². The highest BCUT2D eigenvalue weighted by Crippen LogP contribution is 2.55. The maximum Gasteiger partial charge on any atom is 0.310 e. The SMILES string of the molecule is CN(C)P(N(C)C)(N(C)Cc1cccc2ccccc12)=[N+](C)C. The molecular weight excluding hydrogens is 303 g/mol. The van der Waals surface area contributed by atoms with Gasteiger partial charge in [0.25, 0.3) is 0 Å². The first-order chi connectivity index (χ1) is 10.8. The Morgan fingerprint density at radius 3 is 1.96 bits per heavy atom. The zero-order chi connectivity index (χ0) is 17.2. The Morgan fingerprint density at radius 1 is 0.826 bits per heavy atom. The van der Waals surface area contributed by atoms with Crippen LogP contribution in [0.4, 0.5) is 0 Å². The summed E-state index contributed by atoms with van der Waals surface area (Å²) in [6.07, 6.45) is 0. The Hall–Kier alpha value is -1.19. The van der Waals surface area contributed by atoms with Crippen LogP contribution in [-0.2, 0) is 6.54 Å². The Kier molecular flexibility index (Phi) is 5.64. The molecule has 0 saturated carbocycles. The summed E-state index contributed by atoms with van der Waals surface area (Å²) in [5.74, 6) is 0. The minimum atomic E-state index is -1.71. The summed E-state index contributed by atoms with van der Waals surface area (Å²) in [6, 6.07) is 15.2. The molecule has 0 saturated heterocycles. The van der Waals surface area contributed by atoms with Crippen LogP contribution in [0, 0.1) is 0 Å². The van der Waals surface area contributed by atoms with Crippen LogP contribution in [0.3, 0.4) is 0 Å². The zero-order valence-electron chi connectivity index (χ0n) is 15.5. The lowest BCUT2D eigenvalue weighted by atomic mass is 10.0. The van der Waals surface area contributed by atoms with Crippen molar-refractivity contribution in [2.24, 2.45) is 0 Å². The van der Waals surface area contributed by atoms with E-state index in [1.165, 1.54) is 16.3 Å². The van der Waals surface area contributed by atoms with Crippen molar-refractivity contribution in [2.45, 2.75) is 6.54 Å². The molecule has 4 nitrogen and oxygen atoms in total. The maximum absolute atomic E-state index is 2.49. The topological polar surface area (TPSA) is 12.7 Å². The molecule has 0 heterocycles. The lowest BCUT2D eigenvalue weighted by Crippen LogP contribution is -2.36. The van der Waals surface area contributed by atoms with Gasteiger partial charge in [0.15, 0.2) is 0 Å². The lowest BCUT2D eigenvalue weighted by Gasteiger charge is -2.39. The van der Waals surface area contributed by atoms with Gasteiger partial charge in [-0.05, 0) is 51.6 Å². The van der Waals surface area contributed by atoms with Gasteiger partial charge in [0.2, 0.25) is 0 Å². The average Bonchev–Trinajstić information content (AvgIpc) is 2.47. The third-order valence-corrected chi connectivity index (χ3v) is 8.62. The summed E-state index contributed by atoms with van der Waals surface area (Å²) in [5.41, 5.74) is 1.38. The fraction of sp³-hybridized carbons (Fsp3) is 0.444. The zero-order valence-corrected chi connectivity index (χ0v) is 16.4. The number of benzene rings is 2. The van der Waals surface area contributed by atoms with Crippen molar-refractivity contribution in [1.29, 1.82) is 0 Å². The van der Waals surface area contributed by atoms with Gasteiger partial charge in [-0.1, -0.05) is 42.5 Å². The summed E-state index contributed by atoms with van der Waals surface area (Å²) >= 11 is 0. The molecule has 0 bridgehead atoms. The lowest BCUT2D eigenvalue weighted by molar-refractivity contribution is -0.453. The van der Waals surface area contributed by atoms with E-state index >= 15 is 0 Å². The highest BCUT2D eigenvalue weighted by Gasteiger charge is 2.38. The van der Waals surface area contributed by atoms with Gasteiger partial charge in [-0.2, -0.15) is 0 Å². The van der Waals surface area contributed by atoms with E-state index in [4.69, 9.17) is 0 Å². The molecule has 5 heteroatoms. The quantitative estimate of drug-likeness (QED) is 0.776. The minimum absolute atomic E-state index is 0.920. The molecule has 0 aromatic heterocycles. The van der Waals surface area contributed by atoms with E-state index in [0.717, 1.165) is 6.54 Å². The van der Waals surface area contributed by atoms with Crippen molar-refractivity contribution in [3.05, 3.63) is 48.0 Å². The second-order valence-electron chi connectivity index (χ2n) is 6.53. The number of hydrogen-bond acceptors (Lipinski definition) is 0. The Morgan fingerprint density at radius 2 is 1.39 bits per heavy atom. The number of fused-ring (bicyclic) bond motifs is 1. The molecule has 2 aromatic rings. The molecule has 0 aliphatic heterocycles. The smallest absolute Gasteiger partial charge is 0.228 e. The van der Waals surface area contributed by atoms with E-state index < -0.39 is 7.51 Å². The van der Waals surface area contributed by atoms with Gasteiger partial charge < -0.3 is 0 Å². The van der Waals surface area contributed by atoms with E-state index in [9.17, 15) is 0 Å². The molecule has 0 amide bonds. The first-order valence-corrected chi connectivity index (χ1v) is 9.52. The molecule has 0 spiro atoms. The first kappa shape index (κ1) is 18.2. The van der Waals surface area contributed by atoms with E-state index in [1.807, 2.05) is 0 Å². The summed E-state index contributed by atoms with van der Waals surface area (Å²) < 4.78 is 9.57. The van der Waals surface area contributed by atoms with Crippen LogP contribution in [-0.4, -0.2) is 67.7 Å². The Labute approximate surface area is 141 Å². The van der Waals surface area contributed by atoms with E-state index in [1.54, 1.807) is 0 Å². The van der Waals surface area contributed by atoms with Gasteiger partial charge in [0.1, 0.15) is 14.1 Å². The number of rotatable bonds is 5. The Bertz CT molecular complexity index is 715. The van der Waals surface area contributed by atoms with Crippen LogP contribution < -0.4 is 0 Å². The first-order valence-electron chi connectivity index (χ1n) is 7.92. The third-order valence-electron chi connectivity index (χ3n) is 4.35. The molecule has 0 atom stereocenters. The molecule has 0 radical (unpaired) electrons. The van der Waals surface area contributed by atoms with Crippen LogP contribution >= 0.6 is 7.51 Å². The molecule has 0 fully saturated rings. The van der Waals surface area contributed by atoms with Gasteiger partial charge in [-0.25, -0.2) is 18.3 Å². The Balaban J connectivity index is 2.51.